The highest BCUT2D eigenvalue weighted by Crippen LogP contribution is 2.19. The van der Waals surface area contributed by atoms with Gasteiger partial charge in [0.05, 0.1) is 22.1 Å². The fraction of sp³-hybridized carbons (Fsp3) is 0.176. The lowest BCUT2D eigenvalue weighted by molar-refractivity contribution is 0.752. The third-order valence-electron chi connectivity index (χ3n) is 4.17. The minimum Gasteiger partial charge on any atom is -0.313 e. The van der Waals surface area contributed by atoms with E-state index in [9.17, 15) is 0 Å². The van der Waals surface area contributed by atoms with Crippen LogP contribution in [0.25, 0.3) is 22.1 Å². The third-order valence-corrected chi connectivity index (χ3v) is 4.17. The van der Waals surface area contributed by atoms with Crippen molar-refractivity contribution in [2.24, 2.45) is 26.1 Å². The van der Waals surface area contributed by atoms with E-state index in [0.717, 1.165) is 27.7 Å². The number of nitrogens with zero attached hydrogens (tertiary/aromatic N) is 5. The van der Waals surface area contributed by atoms with E-state index in [1.54, 1.807) is 0 Å². The Morgan fingerprint density at radius 2 is 1.27 bits per heavy atom. The Labute approximate surface area is 127 Å². The zero-order valence-electron chi connectivity index (χ0n) is 12.9. The van der Waals surface area contributed by atoms with Crippen LogP contribution in [0.1, 0.15) is 0 Å². The lowest BCUT2D eigenvalue weighted by atomic mass is 10.3. The van der Waals surface area contributed by atoms with E-state index < -0.39 is 0 Å². The van der Waals surface area contributed by atoms with Gasteiger partial charge in [-0.15, -0.1) is 0 Å². The molecule has 5 heteroatoms. The van der Waals surface area contributed by atoms with Crippen LogP contribution >= 0.6 is 0 Å². The van der Waals surface area contributed by atoms with Crippen LogP contribution in [0, 0.1) is 0 Å². The van der Waals surface area contributed by atoms with Crippen molar-refractivity contribution < 1.29 is 0 Å². The van der Waals surface area contributed by atoms with Crippen molar-refractivity contribution in [3.8, 4) is 0 Å². The van der Waals surface area contributed by atoms with Crippen molar-refractivity contribution in [2.75, 3.05) is 0 Å². The topological polar surface area (TPSA) is 40.0 Å². The van der Waals surface area contributed by atoms with Crippen LogP contribution in [0.3, 0.4) is 0 Å². The largest absolute Gasteiger partial charge is 0.313 e. The summed E-state index contributed by atoms with van der Waals surface area (Å²) in [5.74, 6) is 0.711. The molecule has 2 aromatic heterocycles. The fourth-order valence-corrected chi connectivity index (χ4v) is 2.94. The molecule has 0 bridgehead atoms. The van der Waals surface area contributed by atoms with E-state index in [0.29, 0.717) is 5.95 Å². The number of rotatable bonds is 1. The van der Waals surface area contributed by atoms with E-state index in [2.05, 4.69) is 32.3 Å². The summed E-state index contributed by atoms with van der Waals surface area (Å²) in [7, 11) is 6.06. The van der Waals surface area contributed by atoms with Gasteiger partial charge in [-0.25, -0.2) is 4.98 Å². The maximum Gasteiger partial charge on any atom is 0.233 e. The smallest absolute Gasteiger partial charge is 0.233 e. The Kier molecular flexibility index (Phi) is 2.69. The molecule has 2 aromatic carbocycles. The first-order chi connectivity index (χ1) is 10.7. The van der Waals surface area contributed by atoms with Crippen molar-refractivity contribution >= 4 is 28.0 Å². The van der Waals surface area contributed by atoms with E-state index in [1.807, 2.05) is 56.0 Å². The van der Waals surface area contributed by atoms with Crippen LogP contribution < -0.4 is 5.62 Å². The number of fused-ring (bicyclic) bond motifs is 2. The summed E-state index contributed by atoms with van der Waals surface area (Å²) in [4.78, 5) is 9.42. The van der Waals surface area contributed by atoms with Crippen LogP contribution in [-0.2, 0) is 21.1 Å². The van der Waals surface area contributed by atoms with Gasteiger partial charge >= 0.3 is 0 Å². The number of hydrogen-bond donors (Lipinski definition) is 0. The predicted molar refractivity (Wildman–Crippen MR) is 87.8 cm³/mol. The van der Waals surface area contributed by atoms with Crippen LogP contribution in [0.4, 0.5) is 5.95 Å². The number of aromatic nitrogens is 4. The standard InChI is InChI=1S/C17H17N5/c1-20-13-9-5-4-8-12(13)18-16(20)19-17-21(2)14-10-6-7-11-15(14)22(17)3/h4-11H,1-3H3. The average molecular weight is 291 g/mol. The number of aryl methyl sites for hydroxylation is 3. The van der Waals surface area contributed by atoms with Gasteiger partial charge in [-0.2, -0.15) is 4.99 Å². The van der Waals surface area contributed by atoms with Gasteiger partial charge in [0.25, 0.3) is 0 Å². The Hall–Kier alpha value is -2.82. The monoisotopic (exact) mass is 291 g/mol. The summed E-state index contributed by atoms with van der Waals surface area (Å²) < 4.78 is 6.20. The predicted octanol–water partition coefficient (Wildman–Crippen LogP) is 2.64. The molecule has 5 nitrogen and oxygen atoms in total. The van der Waals surface area contributed by atoms with Crippen molar-refractivity contribution in [1.82, 2.24) is 18.7 Å². The lowest BCUT2D eigenvalue weighted by Crippen LogP contribution is -2.21. The summed E-state index contributed by atoms with van der Waals surface area (Å²) >= 11 is 0. The minimum absolute atomic E-state index is 0.711. The highest BCUT2D eigenvalue weighted by molar-refractivity contribution is 5.78. The second kappa shape index (κ2) is 4.59. The first kappa shape index (κ1) is 12.9. The molecule has 110 valence electrons. The lowest BCUT2D eigenvalue weighted by Gasteiger charge is -1.98. The van der Waals surface area contributed by atoms with Crippen LogP contribution in [0.15, 0.2) is 53.5 Å². The first-order valence-corrected chi connectivity index (χ1v) is 7.23. The molecule has 0 N–H and O–H groups in total. The van der Waals surface area contributed by atoms with Gasteiger partial charge in [0.15, 0.2) is 0 Å². The maximum atomic E-state index is 4.79. The summed E-state index contributed by atoms with van der Waals surface area (Å²) in [5.41, 5.74) is 5.23. The number of imidazole rings is 2. The molecule has 2 heterocycles. The fourth-order valence-electron chi connectivity index (χ4n) is 2.94. The highest BCUT2D eigenvalue weighted by Gasteiger charge is 2.09. The summed E-state index contributed by atoms with van der Waals surface area (Å²) in [6.45, 7) is 0. The first-order valence-electron chi connectivity index (χ1n) is 7.23. The Balaban J connectivity index is 2.05. The van der Waals surface area contributed by atoms with E-state index >= 15 is 0 Å². The Morgan fingerprint density at radius 1 is 0.727 bits per heavy atom. The van der Waals surface area contributed by atoms with Gasteiger partial charge in [-0.3, -0.25) is 0 Å². The van der Waals surface area contributed by atoms with E-state index in [4.69, 9.17) is 4.99 Å². The molecule has 0 aliphatic carbocycles. The van der Waals surface area contributed by atoms with Gasteiger partial charge in [0, 0.05) is 21.1 Å². The van der Waals surface area contributed by atoms with E-state index in [1.165, 1.54) is 0 Å². The number of benzene rings is 2. The highest BCUT2D eigenvalue weighted by atomic mass is 15.2. The zero-order chi connectivity index (χ0) is 15.3. The molecule has 0 saturated heterocycles. The number of hydrogen-bond acceptors (Lipinski definition) is 2. The Bertz CT molecular complexity index is 1020. The summed E-state index contributed by atoms with van der Waals surface area (Å²) in [6.07, 6.45) is 0. The minimum atomic E-state index is 0.711. The molecule has 0 amide bonds. The zero-order valence-corrected chi connectivity index (χ0v) is 12.9. The van der Waals surface area contributed by atoms with Gasteiger partial charge in [-0.1, -0.05) is 24.3 Å². The van der Waals surface area contributed by atoms with Crippen molar-refractivity contribution in [2.45, 2.75) is 0 Å². The molecule has 0 atom stereocenters. The van der Waals surface area contributed by atoms with Gasteiger partial charge in [0.2, 0.25) is 11.6 Å². The van der Waals surface area contributed by atoms with Gasteiger partial charge in [-0.05, 0) is 24.3 Å². The molecule has 0 aliphatic rings. The molecule has 22 heavy (non-hydrogen) atoms. The normalized spacial score (nSPS) is 11.4. The van der Waals surface area contributed by atoms with Crippen LogP contribution in [0.5, 0.6) is 0 Å². The van der Waals surface area contributed by atoms with Crippen molar-refractivity contribution in [3.63, 3.8) is 0 Å². The third kappa shape index (κ3) is 1.72. The van der Waals surface area contributed by atoms with Gasteiger partial charge in [0.1, 0.15) is 0 Å². The molecule has 0 unspecified atom stereocenters. The number of para-hydroxylation sites is 4. The molecule has 0 fully saturated rings. The van der Waals surface area contributed by atoms with Crippen LogP contribution in [-0.4, -0.2) is 18.7 Å². The molecule has 0 saturated carbocycles. The Morgan fingerprint density at radius 3 is 1.86 bits per heavy atom. The summed E-state index contributed by atoms with van der Waals surface area (Å²) in [5, 5.41) is 0. The molecule has 0 radical (unpaired) electrons. The molecule has 0 aliphatic heterocycles. The van der Waals surface area contributed by atoms with Crippen molar-refractivity contribution in [1.29, 1.82) is 0 Å². The van der Waals surface area contributed by atoms with E-state index in [-0.39, 0.29) is 0 Å². The molecule has 4 rings (SSSR count). The second-order valence-electron chi connectivity index (χ2n) is 5.48. The molecule has 4 aromatic rings. The molecular weight excluding hydrogens is 274 g/mol. The summed E-state index contributed by atoms with van der Waals surface area (Å²) in [6, 6.07) is 16.4. The van der Waals surface area contributed by atoms with Crippen LogP contribution in [0.2, 0.25) is 0 Å². The molecular formula is C17H17N5. The molecule has 0 spiro atoms. The quantitative estimate of drug-likeness (QED) is 0.531. The second-order valence-corrected chi connectivity index (χ2v) is 5.48. The van der Waals surface area contributed by atoms with Gasteiger partial charge < -0.3 is 13.7 Å². The maximum absolute atomic E-state index is 4.79. The average Bonchev–Trinajstić information content (AvgIpc) is 2.99. The van der Waals surface area contributed by atoms with Crippen molar-refractivity contribution in [3.05, 3.63) is 54.1 Å². The SMILES string of the molecule is Cn1c(N=c2n(C)c3ccccc3n2C)nc2ccccc21.